The number of benzene rings is 1. The standard InChI is InChI=1S/C13H17ClFNO3S/c1-4-9(2)8-16(3)13(17)11-7-10(20(14,18)19)5-6-12(11)15/h5-7,9H,4,8H2,1-3H3. The molecule has 0 aliphatic rings. The van der Waals surface area contributed by atoms with Gasteiger partial charge >= 0.3 is 0 Å². The van der Waals surface area contributed by atoms with E-state index in [1.54, 1.807) is 7.05 Å². The first kappa shape index (κ1) is 16.9. The fraction of sp³-hybridized carbons (Fsp3) is 0.462. The van der Waals surface area contributed by atoms with Crippen molar-refractivity contribution < 1.29 is 17.6 Å². The molecule has 0 saturated carbocycles. The second-order valence-electron chi connectivity index (χ2n) is 4.78. The molecule has 0 aliphatic carbocycles. The molecule has 1 unspecified atom stereocenters. The van der Waals surface area contributed by atoms with Crippen molar-refractivity contribution >= 4 is 25.6 Å². The maximum atomic E-state index is 13.7. The van der Waals surface area contributed by atoms with Gasteiger partial charge in [-0.25, -0.2) is 12.8 Å². The average Bonchev–Trinajstić information content (AvgIpc) is 2.36. The van der Waals surface area contributed by atoms with Crippen molar-refractivity contribution in [2.75, 3.05) is 13.6 Å². The van der Waals surface area contributed by atoms with Gasteiger partial charge in [-0.2, -0.15) is 0 Å². The Morgan fingerprint density at radius 1 is 1.45 bits per heavy atom. The second-order valence-corrected chi connectivity index (χ2v) is 7.34. The van der Waals surface area contributed by atoms with E-state index in [0.29, 0.717) is 6.54 Å². The highest BCUT2D eigenvalue weighted by Gasteiger charge is 2.21. The van der Waals surface area contributed by atoms with Crippen molar-refractivity contribution in [2.45, 2.75) is 25.2 Å². The van der Waals surface area contributed by atoms with Crippen LogP contribution in [0, 0.1) is 11.7 Å². The van der Waals surface area contributed by atoms with Crippen LogP contribution in [-0.4, -0.2) is 32.8 Å². The van der Waals surface area contributed by atoms with Crippen LogP contribution in [0.15, 0.2) is 23.1 Å². The Balaban J connectivity index is 3.09. The predicted molar refractivity (Wildman–Crippen MR) is 75.9 cm³/mol. The maximum Gasteiger partial charge on any atom is 0.261 e. The van der Waals surface area contributed by atoms with Gasteiger partial charge in [0.05, 0.1) is 10.5 Å². The van der Waals surface area contributed by atoms with Gasteiger partial charge in [0.15, 0.2) is 0 Å². The summed E-state index contributed by atoms with van der Waals surface area (Å²) in [6.07, 6.45) is 0.885. The number of halogens is 2. The number of hydrogen-bond donors (Lipinski definition) is 0. The lowest BCUT2D eigenvalue weighted by Gasteiger charge is -2.21. The molecule has 1 aromatic rings. The van der Waals surface area contributed by atoms with Crippen molar-refractivity contribution in [3.05, 3.63) is 29.6 Å². The van der Waals surface area contributed by atoms with E-state index < -0.39 is 20.8 Å². The molecule has 0 spiro atoms. The minimum Gasteiger partial charge on any atom is -0.341 e. The molecule has 0 heterocycles. The molecular formula is C13H17ClFNO3S. The Hall–Kier alpha value is -1.14. The van der Waals surface area contributed by atoms with Gasteiger partial charge in [0.25, 0.3) is 15.0 Å². The van der Waals surface area contributed by atoms with Crippen LogP contribution in [0.3, 0.4) is 0 Å². The van der Waals surface area contributed by atoms with Gasteiger partial charge in [-0.3, -0.25) is 4.79 Å². The van der Waals surface area contributed by atoms with Crippen molar-refractivity contribution in [3.8, 4) is 0 Å². The Labute approximate surface area is 123 Å². The molecule has 1 rings (SSSR count). The zero-order valence-electron chi connectivity index (χ0n) is 11.6. The Morgan fingerprint density at radius 3 is 2.55 bits per heavy atom. The summed E-state index contributed by atoms with van der Waals surface area (Å²) in [4.78, 5) is 13.2. The fourth-order valence-corrected chi connectivity index (χ4v) is 2.48. The highest BCUT2D eigenvalue weighted by Crippen LogP contribution is 2.20. The van der Waals surface area contributed by atoms with Crippen LogP contribution in [0.1, 0.15) is 30.6 Å². The van der Waals surface area contributed by atoms with Gasteiger partial charge in [0, 0.05) is 24.3 Å². The summed E-state index contributed by atoms with van der Waals surface area (Å²) in [5.74, 6) is -1.06. The smallest absolute Gasteiger partial charge is 0.261 e. The number of hydrogen-bond acceptors (Lipinski definition) is 3. The largest absolute Gasteiger partial charge is 0.341 e. The Kier molecular flexibility index (Phi) is 5.53. The third-order valence-electron chi connectivity index (χ3n) is 3.08. The third kappa shape index (κ3) is 4.18. The SMILES string of the molecule is CCC(C)CN(C)C(=O)c1cc(S(=O)(=O)Cl)ccc1F. The Morgan fingerprint density at radius 2 is 2.05 bits per heavy atom. The lowest BCUT2D eigenvalue weighted by molar-refractivity contribution is 0.0770. The van der Waals surface area contributed by atoms with E-state index in [9.17, 15) is 17.6 Å². The van der Waals surface area contributed by atoms with Gasteiger partial charge in [-0.1, -0.05) is 20.3 Å². The van der Waals surface area contributed by atoms with Crippen molar-refractivity contribution in [1.82, 2.24) is 4.90 Å². The fourth-order valence-electron chi connectivity index (χ4n) is 1.71. The van der Waals surface area contributed by atoms with E-state index in [4.69, 9.17) is 10.7 Å². The van der Waals surface area contributed by atoms with Crippen molar-refractivity contribution in [3.63, 3.8) is 0 Å². The van der Waals surface area contributed by atoms with Crippen molar-refractivity contribution in [1.29, 1.82) is 0 Å². The molecule has 7 heteroatoms. The highest BCUT2D eigenvalue weighted by molar-refractivity contribution is 8.13. The molecule has 0 N–H and O–H groups in total. The summed E-state index contributed by atoms with van der Waals surface area (Å²) >= 11 is 0. The first-order chi connectivity index (χ1) is 9.16. The van der Waals surface area contributed by atoms with Crippen LogP contribution in [0.4, 0.5) is 4.39 Å². The normalized spacial score (nSPS) is 13.1. The van der Waals surface area contributed by atoms with Crippen LogP contribution < -0.4 is 0 Å². The van der Waals surface area contributed by atoms with E-state index in [1.807, 2.05) is 13.8 Å². The maximum absolute atomic E-state index is 13.7. The molecule has 0 bridgehead atoms. The molecule has 1 aromatic carbocycles. The molecule has 1 atom stereocenters. The molecular weight excluding hydrogens is 305 g/mol. The van der Waals surface area contributed by atoms with E-state index in [1.165, 1.54) is 4.90 Å². The van der Waals surface area contributed by atoms with Gasteiger partial charge in [-0.05, 0) is 24.1 Å². The van der Waals surface area contributed by atoms with Crippen LogP contribution in [0.25, 0.3) is 0 Å². The number of carbonyl (C=O) groups excluding carboxylic acids is 1. The number of amides is 1. The molecule has 1 amide bonds. The minimum atomic E-state index is -3.99. The Bertz CT molecular complexity index is 604. The van der Waals surface area contributed by atoms with E-state index in [0.717, 1.165) is 24.6 Å². The zero-order valence-corrected chi connectivity index (χ0v) is 13.1. The quantitative estimate of drug-likeness (QED) is 0.784. The van der Waals surface area contributed by atoms with Gasteiger partial charge in [0.1, 0.15) is 5.82 Å². The molecule has 0 radical (unpaired) electrons. The highest BCUT2D eigenvalue weighted by atomic mass is 35.7. The zero-order chi connectivity index (χ0) is 15.5. The van der Waals surface area contributed by atoms with E-state index >= 15 is 0 Å². The molecule has 20 heavy (non-hydrogen) atoms. The van der Waals surface area contributed by atoms with Crippen LogP contribution in [0.5, 0.6) is 0 Å². The van der Waals surface area contributed by atoms with E-state index in [2.05, 4.69) is 0 Å². The summed E-state index contributed by atoms with van der Waals surface area (Å²) in [5, 5.41) is 0. The summed E-state index contributed by atoms with van der Waals surface area (Å²) in [6, 6.07) is 2.93. The molecule has 0 aromatic heterocycles. The second kappa shape index (κ2) is 6.54. The first-order valence-electron chi connectivity index (χ1n) is 6.16. The predicted octanol–water partition coefficient (Wildman–Crippen LogP) is 2.87. The first-order valence-corrected chi connectivity index (χ1v) is 8.47. The molecule has 112 valence electrons. The van der Waals surface area contributed by atoms with Crippen molar-refractivity contribution in [2.24, 2.45) is 5.92 Å². The van der Waals surface area contributed by atoms with Gasteiger partial charge in [0.2, 0.25) is 0 Å². The molecule has 4 nitrogen and oxygen atoms in total. The number of carbonyl (C=O) groups is 1. The van der Waals surface area contributed by atoms with Gasteiger partial charge in [-0.15, -0.1) is 0 Å². The minimum absolute atomic E-state index is 0.270. The van der Waals surface area contributed by atoms with Crippen LogP contribution in [0.2, 0.25) is 0 Å². The number of rotatable bonds is 5. The third-order valence-corrected chi connectivity index (χ3v) is 4.43. The monoisotopic (exact) mass is 321 g/mol. The van der Waals surface area contributed by atoms with Gasteiger partial charge < -0.3 is 4.90 Å². The molecule has 0 aliphatic heterocycles. The average molecular weight is 322 g/mol. The van der Waals surface area contributed by atoms with Crippen LogP contribution in [-0.2, 0) is 9.05 Å². The van der Waals surface area contributed by atoms with E-state index in [-0.39, 0.29) is 16.4 Å². The topological polar surface area (TPSA) is 54.5 Å². The van der Waals surface area contributed by atoms with Crippen LogP contribution >= 0.6 is 10.7 Å². The summed E-state index contributed by atoms with van der Waals surface area (Å²) in [7, 11) is 2.76. The summed E-state index contributed by atoms with van der Waals surface area (Å²) < 4.78 is 36.2. The number of nitrogens with zero attached hydrogens (tertiary/aromatic N) is 1. The lowest BCUT2D eigenvalue weighted by atomic mass is 10.1. The lowest BCUT2D eigenvalue weighted by Crippen LogP contribution is -2.31. The summed E-state index contributed by atoms with van der Waals surface area (Å²) in [5.41, 5.74) is -0.294. The summed E-state index contributed by atoms with van der Waals surface area (Å²) in [6.45, 7) is 4.43. The molecule has 0 fully saturated rings. The molecule has 0 saturated heterocycles.